The smallest absolute Gasteiger partial charge is 0.165 e. The summed E-state index contributed by atoms with van der Waals surface area (Å²) < 4.78 is 18.7. The first-order valence-corrected chi connectivity index (χ1v) is 7.55. The minimum atomic E-state index is -0.294. The highest BCUT2D eigenvalue weighted by Gasteiger charge is 2.14. The molecule has 2 aromatic carbocycles. The average Bonchev–Trinajstić information content (AvgIpc) is 2.57. The lowest BCUT2D eigenvalue weighted by molar-refractivity contribution is 0.293. The van der Waals surface area contributed by atoms with E-state index in [9.17, 15) is 4.39 Å². The molecule has 114 valence electrons. The number of hydrogen-bond acceptors (Lipinski definition) is 2. The Morgan fingerprint density at radius 3 is 2.59 bits per heavy atom. The zero-order valence-corrected chi connectivity index (χ0v) is 12.8. The van der Waals surface area contributed by atoms with Crippen LogP contribution in [0.5, 0.6) is 5.75 Å². The highest BCUT2D eigenvalue weighted by atomic mass is 19.1. The number of benzene rings is 2. The zero-order valence-electron chi connectivity index (χ0n) is 12.8. The van der Waals surface area contributed by atoms with Crippen LogP contribution in [0.25, 0.3) is 5.57 Å². The van der Waals surface area contributed by atoms with Crippen LogP contribution in [0, 0.1) is 5.82 Å². The Balaban J connectivity index is 1.64. The SMILES string of the molecule is COc1ccc(CN2CC=C(c3ccccc3)CC2)cc1F. The van der Waals surface area contributed by atoms with E-state index in [0.29, 0.717) is 5.75 Å². The maximum Gasteiger partial charge on any atom is 0.165 e. The molecule has 1 aliphatic heterocycles. The molecule has 1 aliphatic rings. The molecule has 0 fully saturated rings. The van der Waals surface area contributed by atoms with E-state index >= 15 is 0 Å². The number of hydrogen-bond donors (Lipinski definition) is 0. The third kappa shape index (κ3) is 3.37. The van der Waals surface area contributed by atoms with Crippen molar-refractivity contribution in [2.45, 2.75) is 13.0 Å². The van der Waals surface area contributed by atoms with Gasteiger partial charge in [-0.3, -0.25) is 4.90 Å². The molecule has 0 bridgehead atoms. The van der Waals surface area contributed by atoms with Gasteiger partial charge in [0.15, 0.2) is 11.6 Å². The maximum absolute atomic E-state index is 13.7. The summed E-state index contributed by atoms with van der Waals surface area (Å²) >= 11 is 0. The standard InChI is InChI=1S/C19H20FNO/c1-22-19-8-7-15(13-18(19)20)14-21-11-9-17(10-12-21)16-5-3-2-4-6-16/h2-9,13H,10-12,14H2,1H3. The highest BCUT2D eigenvalue weighted by Crippen LogP contribution is 2.24. The third-order valence-corrected chi connectivity index (χ3v) is 4.06. The van der Waals surface area contributed by atoms with Gasteiger partial charge in [-0.25, -0.2) is 4.39 Å². The maximum atomic E-state index is 13.7. The van der Waals surface area contributed by atoms with Crippen molar-refractivity contribution in [1.29, 1.82) is 0 Å². The summed E-state index contributed by atoms with van der Waals surface area (Å²) in [7, 11) is 1.48. The first-order valence-electron chi connectivity index (χ1n) is 7.55. The summed E-state index contributed by atoms with van der Waals surface area (Å²) in [5.74, 6) is 0.00572. The third-order valence-electron chi connectivity index (χ3n) is 4.06. The van der Waals surface area contributed by atoms with E-state index in [4.69, 9.17) is 4.74 Å². The van der Waals surface area contributed by atoms with E-state index in [1.54, 1.807) is 12.1 Å². The van der Waals surface area contributed by atoms with Crippen molar-refractivity contribution >= 4 is 5.57 Å². The van der Waals surface area contributed by atoms with Crippen LogP contribution in [-0.2, 0) is 6.54 Å². The fraction of sp³-hybridized carbons (Fsp3) is 0.263. The molecule has 0 N–H and O–H groups in total. The van der Waals surface area contributed by atoms with Crippen molar-refractivity contribution in [2.24, 2.45) is 0 Å². The van der Waals surface area contributed by atoms with E-state index in [1.807, 2.05) is 12.1 Å². The predicted octanol–water partition coefficient (Wildman–Crippen LogP) is 4.12. The summed E-state index contributed by atoms with van der Waals surface area (Å²) in [5, 5.41) is 0. The molecule has 0 saturated heterocycles. The molecule has 2 nitrogen and oxygen atoms in total. The lowest BCUT2D eigenvalue weighted by atomic mass is 9.99. The van der Waals surface area contributed by atoms with E-state index in [-0.39, 0.29) is 5.82 Å². The number of ether oxygens (including phenoxy) is 1. The van der Waals surface area contributed by atoms with Crippen LogP contribution >= 0.6 is 0 Å². The first-order chi connectivity index (χ1) is 10.8. The second-order valence-electron chi connectivity index (χ2n) is 5.55. The van der Waals surface area contributed by atoms with Crippen LogP contribution in [-0.4, -0.2) is 25.1 Å². The van der Waals surface area contributed by atoms with Gasteiger partial charge in [-0.15, -0.1) is 0 Å². The van der Waals surface area contributed by atoms with Gasteiger partial charge in [0.05, 0.1) is 7.11 Å². The summed E-state index contributed by atoms with van der Waals surface area (Å²) in [6.45, 7) is 2.66. The van der Waals surface area contributed by atoms with Crippen molar-refractivity contribution < 1.29 is 9.13 Å². The molecule has 0 unspecified atom stereocenters. The molecule has 0 atom stereocenters. The van der Waals surface area contributed by atoms with Gasteiger partial charge in [0.2, 0.25) is 0 Å². The second kappa shape index (κ2) is 6.75. The van der Waals surface area contributed by atoms with Crippen LogP contribution in [0.3, 0.4) is 0 Å². The van der Waals surface area contributed by atoms with Gasteiger partial charge in [-0.2, -0.15) is 0 Å². The Bertz CT molecular complexity index is 666. The topological polar surface area (TPSA) is 12.5 Å². The first kappa shape index (κ1) is 14.8. The lowest BCUT2D eigenvalue weighted by Gasteiger charge is -2.26. The van der Waals surface area contributed by atoms with Gasteiger partial charge >= 0.3 is 0 Å². The van der Waals surface area contributed by atoms with Gasteiger partial charge in [0.25, 0.3) is 0 Å². The monoisotopic (exact) mass is 297 g/mol. The van der Waals surface area contributed by atoms with Gasteiger partial charge in [0, 0.05) is 19.6 Å². The summed E-state index contributed by atoms with van der Waals surface area (Å²) in [6, 6.07) is 15.7. The second-order valence-corrected chi connectivity index (χ2v) is 5.55. The minimum Gasteiger partial charge on any atom is -0.494 e. The Labute approximate surface area is 130 Å². The van der Waals surface area contributed by atoms with Crippen LogP contribution in [0.4, 0.5) is 4.39 Å². The molecule has 0 saturated carbocycles. The van der Waals surface area contributed by atoms with Crippen molar-refractivity contribution in [3.8, 4) is 5.75 Å². The summed E-state index contributed by atoms with van der Waals surface area (Å²) in [4.78, 5) is 2.33. The molecule has 3 rings (SSSR count). The van der Waals surface area contributed by atoms with Gasteiger partial charge in [-0.05, 0) is 35.3 Å². The summed E-state index contributed by atoms with van der Waals surface area (Å²) in [6.07, 6.45) is 3.31. The van der Waals surface area contributed by atoms with Crippen molar-refractivity contribution in [1.82, 2.24) is 4.90 Å². The molecule has 2 aromatic rings. The normalized spacial score (nSPS) is 15.5. The zero-order chi connectivity index (χ0) is 15.4. The molecular formula is C19H20FNO. The van der Waals surface area contributed by atoms with Crippen LogP contribution in [0.15, 0.2) is 54.6 Å². The summed E-state index contributed by atoms with van der Waals surface area (Å²) in [5.41, 5.74) is 3.69. The highest BCUT2D eigenvalue weighted by molar-refractivity contribution is 5.66. The lowest BCUT2D eigenvalue weighted by Crippen LogP contribution is -2.28. The van der Waals surface area contributed by atoms with Crippen LogP contribution < -0.4 is 4.74 Å². The molecule has 0 spiro atoms. The van der Waals surface area contributed by atoms with E-state index in [1.165, 1.54) is 18.2 Å². The molecule has 3 heteroatoms. The van der Waals surface area contributed by atoms with E-state index in [0.717, 1.165) is 31.6 Å². The average molecular weight is 297 g/mol. The Morgan fingerprint density at radius 1 is 1.14 bits per heavy atom. The van der Waals surface area contributed by atoms with E-state index < -0.39 is 0 Å². The predicted molar refractivity (Wildman–Crippen MR) is 87.3 cm³/mol. The number of methoxy groups -OCH3 is 1. The Kier molecular flexibility index (Phi) is 4.54. The van der Waals surface area contributed by atoms with Crippen LogP contribution in [0.2, 0.25) is 0 Å². The Hall–Kier alpha value is -2.13. The van der Waals surface area contributed by atoms with Gasteiger partial charge in [0.1, 0.15) is 0 Å². The molecule has 1 heterocycles. The number of rotatable bonds is 4. The quantitative estimate of drug-likeness (QED) is 0.841. The number of nitrogens with zero attached hydrogens (tertiary/aromatic N) is 1. The molecule has 0 aliphatic carbocycles. The fourth-order valence-electron chi connectivity index (χ4n) is 2.84. The molecule has 0 amide bonds. The van der Waals surface area contributed by atoms with Crippen molar-refractivity contribution in [3.63, 3.8) is 0 Å². The van der Waals surface area contributed by atoms with Crippen LogP contribution in [0.1, 0.15) is 17.5 Å². The van der Waals surface area contributed by atoms with Gasteiger partial charge in [-0.1, -0.05) is 42.5 Å². The molecule has 0 aromatic heterocycles. The van der Waals surface area contributed by atoms with E-state index in [2.05, 4.69) is 35.2 Å². The fourth-order valence-corrected chi connectivity index (χ4v) is 2.84. The number of halogens is 1. The molecular weight excluding hydrogens is 277 g/mol. The van der Waals surface area contributed by atoms with Crippen molar-refractivity contribution in [2.75, 3.05) is 20.2 Å². The van der Waals surface area contributed by atoms with Gasteiger partial charge < -0.3 is 4.74 Å². The molecule has 0 radical (unpaired) electrons. The minimum absolute atomic E-state index is 0.294. The van der Waals surface area contributed by atoms with Crippen molar-refractivity contribution in [3.05, 3.63) is 71.6 Å². The largest absolute Gasteiger partial charge is 0.494 e. The molecule has 22 heavy (non-hydrogen) atoms. The Morgan fingerprint density at radius 2 is 1.95 bits per heavy atom.